The molecule has 130 valence electrons. The summed E-state index contributed by atoms with van der Waals surface area (Å²) in [7, 11) is 0. The van der Waals surface area contributed by atoms with Crippen molar-refractivity contribution < 1.29 is 0 Å². The predicted molar refractivity (Wildman–Crippen MR) is 101 cm³/mol. The first-order valence-electron chi connectivity index (χ1n) is 9.23. The van der Waals surface area contributed by atoms with Gasteiger partial charge in [0.05, 0.1) is 23.1 Å². The van der Waals surface area contributed by atoms with E-state index < -0.39 is 0 Å². The summed E-state index contributed by atoms with van der Waals surface area (Å²) >= 11 is 0. The van der Waals surface area contributed by atoms with E-state index >= 15 is 0 Å². The highest BCUT2D eigenvalue weighted by Gasteiger charge is 2.20. The maximum atomic E-state index is 4.60. The van der Waals surface area contributed by atoms with Gasteiger partial charge in [-0.1, -0.05) is 6.07 Å². The van der Waals surface area contributed by atoms with Crippen LogP contribution in [-0.4, -0.2) is 32.5 Å². The number of pyridine rings is 1. The number of piperidine rings is 1. The Kier molecular flexibility index (Phi) is 4.53. The van der Waals surface area contributed by atoms with Gasteiger partial charge in [0.25, 0.3) is 0 Å². The molecule has 1 aliphatic rings. The highest BCUT2D eigenvalue weighted by atomic mass is 15.1. The van der Waals surface area contributed by atoms with Gasteiger partial charge in [0.15, 0.2) is 0 Å². The number of aryl methyl sites for hydroxylation is 2. The molecule has 2 aromatic heterocycles. The summed E-state index contributed by atoms with van der Waals surface area (Å²) in [4.78, 5) is 11.6. The quantitative estimate of drug-likeness (QED) is 0.724. The van der Waals surface area contributed by atoms with E-state index in [1.165, 1.54) is 35.2 Å². The lowest BCUT2D eigenvalue weighted by Gasteiger charge is -2.32. The molecule has 1 aliphatic heterocycles. The Morgan fingerprint density at radius 2 is 1.84 bits per heavy atom. The van der Waals surface area contributed by atoms with Gasteiger partial charge in [-0.25, -0.2) is 4.98 Å². The van der Waals surface area contributed by atoms with E-state index in [1.807, 2.05) is 18.6 Å². The monoisotopic (exact) mass is 334 g/mol. The Balaban J connectivity index is 1.38. The van der Waals surface area contributed by atoms with Crippen LogP contribution in [0.15, 0.2) is 42.9 Å². The van der Waals surface area contributed by atoms with E-state index in [-0.39, 0.29) is 0 Å². The summed E-state index contributed by atoms with van der Waals surface area (Å²) in [6.07, 6.45) is 6.40. The Hall–Kier alpha value is -2.20. The van der Waals surface area contributed by atoms with Gasteiger partial charge in [0, 0.05) is 19.3 Å². The van der Waals surface area contributed by atoms with Crippen molar-refractivity contribution in [3.63, 3.8) is 0 Å². The predicted octanol–water partition coefficient (Wildman–Crippen LogP) is 3.96. The van der Waals surface area contributed by atoms with Crippen molar-refractivity contribution in [1.29, 1.82) is 0 Å². The maximum Gasteiger partial charge on any atom is 0.0958 e. The topological polar surface area (TPSA) is 34.0 Å². The van der Waals surface area contributed by atoms with Crippen molar-refractivity contribution in [2.24, 2.45) is 5.92 Å². The summed E-state index contributed by atoms with van der Waals surface area (Å²) in [6, 6.07) is 10.7. The maximum absolute atomic E-state index is 4.60. The third kappa shape index (κ3) is 3.59. The molecule has 0 unspecified atom stereocenters. The summed E-state index contributed by atoms with van der Waals surface area (Å²) in [5, 5.41) is 0. The first-order chi connectivity index (χ1) is 12.2. The zero-order valence-corrected chi connectivity index (χ0v) is 15.2. The largest absolute Gasteiger partial charge is 0.330 e. The van der Waals surface area contributed by atoms with Gasteiger partial charge < -0.3 is 4.57 Å². The molecule has 0 spiro atoms. The van der Waals surface area contributed by atoms with Gasteiger partial charge in [-0.3, -0.25) is 9.88 Å². The average Bonchev–Trinajstić information content (AvgIpc) is 3.00. The second-order valence-corrected chi connectivity index (χ2v) is 7.36. The van der Waals surface area contributed by atoms with E-state index in [0.29, 0.717) is 0 Å². The summed E-state index contributed by atoms with van der Waals surface area (Å²) in [5.41, 5.74) is 6.24. The standard InChI is InChI=1S/C21H26N4/c1-16-11-20-21(12-17(16)2)25(15-23-20)13-18-6-9-24(10-7-18)14-19-5-3-4-8-22-19/h3-5,8,11-12,15,18H,6-7,9-10,13-14H2,1-2H3. The Morgan fingerprint density at radius 1 is 1.04 bits per heavy atom. The normalized spacial score (nSPS) is 16.6. The number of rotatable bonds is 4. The van der Waals surface area contributed by atoms with Crippen molar-refractivity contribution in [3.05, 3.63) is 59.7 Å². The average molecular weight is 334 g/mol. The van der Waals surface area contributed by atoms with Gasteiger partial charge >= 0.3 is 0 Å². The molecule has 3 heterocycles. The first kappa shape index (κ1) is 16.3. The van der Waals surface area contributed by atoms with Gasteiger partial charge in [0.2, 0.25) is 0 Å². The van der Waals surface area contributed by atoms with Crippen LogP contribution in [0.5, 0.6) is 0 Å². The lowest BCUT2D eigenvalue weighted by atomic mass is 9.96. The molecule has 4 rings (SSSR count). The molecule has 0 bridgehead atoms. The zero-order valence-electron chi connectivity index (χ0n) is 15.2. The number of aromatic nitrogens is 3. The van der Waals surface area contributed by atoms with Crippen LogP contribution in [0.2, 0.25) is 0 Å². The minimum atomic E-state index is 0.735. The summed E-state index contributed by atoms with van der Waals surface area (Å²) in [5.74, 6) is 0.735. The lowest BCUT2D eigenvalue weighted by molar-refractivity contribution is 0.166. The molecule has 0 radical (unpaired) electrons. The molecule has 4 heteroatoms. The Labute approximate surface area is 149 Å². The molecular formula is C21H26N4. The minimum Gasteiger partial charge on any atom is -0.330 e. The molecule has 25 heavy (non-hydrogen) atoms. The lowest BCUT2D eigenvalue weighted by Crippen LogP contribution is -2.34. The van der Waals surface area contributed by atoms with Gasteiger partial charge in [-0.15, -0.1) is 0 Å². The molecule has 1 aromatic carbocycles. The fourth-order valence-corrected chi connectivity index (χ4v) is 3.78. The summed E-state index contributed by atoms with van der Waals surface area (Å²) in [6.45, 7) is 8.71. The van der Waals surface area contributed by atoms with E-state index in [9.17, 15) is 0 Å². The van der Waals surface area contributed by atoms with Crippen LogP contribution in [0.1, 0.15) is 29.7 Å². The van der Waals surface area contributed by atoms with Crippen molar-refractivity contribution in [2.75, 3.05) is 13.1 Å². The molecule has 3 aromatic rings. The van der Waals surface area contributed by atoms with Crippen LogP contribution in [0.3, 0.4) is 0 Å². The highest BCUT2D eigenvalue weighted by Crippen LogP contribution is 2.24. The van der Waals surface area contributed by atoms with Crippen molar-refractivity contribution in [2.45, 2.75) is 39.8 Å². The third-order valence-electron chi connectivity index (χ3n) is 5.51. The Morgan fingerprint density at radius 3 is 2.60 bits per heavy atom. The second-order valence-electron chi connectivity index (χ2n) is 7.36. The molecule has 1 saturated heterocycles. The molecule has 1 fully saturated rings. The number of fused-ring (bicyclic) bond motifs is 1. The second kappa shape index (κ2) is 6.96. The first-order valence-corrected chi connectivity index (χ1v) is 9.23. The zero-order chi connectivity index (χ0) is 17.2. The van der Waals surface area contributed by atoms with Crippen LogP contribution >= 0.6 is 0 Å². The van der Waals surface area contributed by atoms with Crippen molar-refractivity contribution in [3.8, 4) is 0 Å². The molecule has 0 aliphatic carbocycles. The SMILES string of the molecule is Cc1cc2ncn(CC3CCN(Cc4ccccn4)CC3)c2cc1C. The fraction of sp³-hybridized carbons (Fsp3) is 0.429. The number of likely N-dealkylation sites (tertiary alicyclic amines) is 1. The van der Waals surface area contributed by atoms with E-state index in [1.54, 1.807) is 0 Å². The minimum absolute atomic E-state index is 0.735. The number of hydrogen-bond acceptors (Lipinski definition) is 3. The van der Waals surface area contributed by atoms with E-state index in [2.05, 4.69) is 57.5 Å². The van der Waals surface area contributed by atoms with Crippen molar-refractivity contribution in [1.82, 2.24) is 19.4 Å². The van der Waals surface area contributed by atoms with Gasteiger partial charge in [0.1, 0.15) is 0 Å². The van der Waals surface area contributed by atoms with Crippen LogP contribution in [0.25, 0.3) is 11.0 Å². The van der Waals surface area contributed by atoms with Crippen LogP contribution < -0.4 is 0 Å². The molecule has 0 saturated carbocycles. The third-order valence-corrected chi connectivity index (χ3v) is 5.51. The van der Waals surface area contributed by atoms with E-state index in [4.69, 9.17) is 0 Å². The molecule has 0 atom stereocenters. The number of hydrogen-bond donors (Lipinski definition) is 0. The number of benzene rings is 1. The summed E-state index contributed by atoms with van der Waals surface area (Å²) < 4.78 is 2.35. The van der Waals surface area contributed by atoms with Gasteiger partial charge in [-0.05, 0) is 81.1 Å². The van der Waals surface area contributed by atoms with Crippen LogP contribution in [0, 0.1) is 19.8 Å². The molecule has 0 amide bonds. The van der Waals surface area contributed by atoms with E-state index in [0.717, 1.165) is 37.6 Å². The Bertz CT molecular complexity index is 845. The van der Waals surface area contributed by atoms with Crippen LogP contribution in [0.4, 0.5) is 0 Å². The van der Waals surface area contributed by atoms with Gasteiger partial charge in [-0.2, -0.15) is 0 Å². The molecular weight excluding hydrogens is 308 g/mol. The molecule has 4 nitrogen and oxygen atoms in total. The smallest absolute Gasteiger partial charge is 0.0958 e. The highest BCUT2D eigenvalue weighted by molar-refractivity contribution is 5.77. The number of nitrogens with zero attached hydrogens (tertiary/aromatic N) is 4. The van der Waals surface area contributed by atoms with Crippen LogP contribution in [-0.2, 0) is 13.1 Å². The fourth-order valence-electron chi connectivity index (χ4n) is 3.78. The number of imidazole rings is 1. The molecule has 0 N–H and O–H groups in total. The van der Waals surface area contributed by atoms with Crippen molar-refractivity contribution >= 4 is 11.0 Å².